The SMILES string of the molecule is C1CCC(C2CCC(N(C3CCC(C4CCCC5CCCCC54)CC3)C3CCC4CCC(C5CCCC6C7CCC8OC9CCCCC9C8C7OC56)CC4C3)CC2)CC1. The topological polar surface area (TPSA) is 21.7 Å². The molecule has 12 aliphatic rings. The molecule has 0 N–H and O–H groups in total. The Kier molecular flexibility index (Phi) is 12.1. The average Bonchev–Trinajstić information content (AvgIpc) is 3.88. The lowest BCUT2D eigenvalue weighted by molar-refractivity contribution is -0.0910. The first-order chi connectivity index (χ1) is 29.2. The summed E-state index contributed by atoms with van der Waals surface area (Å²) in [4.78, 5) is 3.40. The molecule has 332 valence electrons. The molecular formula is C56H91NO2. The van der Waals surface area contributed by atoms with Crippen molar-refractivity contribution in [3.05, 3.63) is 0 Å². The van der Waals surface area contributed by atoms with Gasteiger partial charge in [-0.2, -0.15) is 0 Å². The van der Waals surface area contributed by atoms with Crippen LogP contribution < -0.4 is 0 Å². The number of rotatable bonds is 6. The van der Waals surface area contributed by atoms with E-state index in [4.69, 9.17) is 9.47 Å². The molecule has 12 fully saturated rings. The first-order valence-corrected chi connectivity index (χ1v) is 28.3. The summed E-state index contributed by atoms with van der Waals surface area (Å²) in [6.07, 6.45) is 55.4. The second kappa shape index (κ2) is 17.7. The van der Waals surface area contributed by atoms with Crippen LogP contribution in [-0.2, 0) is 9.47 Å². The monoisotopic (exact) mass is 810 g/mol. The predicted octanol–water partition coefficient (Wildman–Crippen LogP) is 14.3. The Morgan fingerprint density at radius 2 is 0.763 bits per heavy atom. The van der Waals surface area contributed by atoms with Crippen molar-refractivity contribution in [2.75, 3.05) is 0 Å². The molecule has 10 saturated carbocycles. The third-order valence-corrected chi connectivity index (χ3v) is 22.9. The highest BCUT2D eigenvalue weighted by molar-refractivity contribution is 5.09. The van der Waals surface area contributed by atoms with Gasteiger partial charge in [0, 0.05) is 24.0 Å². The fourth-order valence-corrected chi connectivity index (χ4v) is 20.4. The molecule has 10 aliphatic carbocycles. The number of fused-ring (bicyclic) bond motifs is 9. The highest BCUT2D eigenvalue weighted by atomic mass is 16.5. The van der Waals surface area contributed by atoms with Gasteiger partial charge in [0.05, 0.1) is 24.4 Å². The summed E-state index contributed by atoms with van der Waals surface area (Å²) in [7, 11) is 0. The highest BCUT2D eigenvalue weighted by Crippen LogP contribution is 2.60. The predicted molar refractivity (Wildman–Crippen MR) is 241 cm³/mol. The lowest BCUT2D eigenvalue weighted by atomic mass is 9.59. The molecule has 0 radical (unpaired) electrons. The molecule has 0 aromatic heterocycles. The average molecular weight is 810 g/mol. The normalized spacial score (nSPS) is 53.0. The largest absolute Gasteiger partial charge is 0.374 e. The number of hydrogen-bond donors (Lipinski definition) is 0. The van der Waals surface area contributed by atoms with Crippen molar-refractivity contribution >= 4 is 0 Å². The third kappa shape index (κ3) is 7.73. The smallest absolute Gasteiger partial charge is 0.0667 e. The Balaban J connectivity index is 0.733. The van der Waals surface area contributed by atoms with Gasteiger partial charge in [0.15, 0.2) is 0 Å². The summed E-state index contributed by atoms with van der Waals surface area (Å²) in [6, 6.07) is 2.68. The van der Waals surface area contributed by atoms with Gasteiger partial charge in [-0.25, -0.2) is 0 Å². The van der Waals surface area contributed by atoms with Crippen LogP contribution in [0.25, 0.3) is 0 Å². The maximum atomic E-state index is 7.60. The molecule has 3 nitrogen and oxygen atoms in total. The quantitative estimate of drug-likeness (QED) is 0.267. The van der Waals surface area contributed by atoms with E-state index in [1.54, 1.807) is 128 Å². The minimum Gasteiger partial charge on any atom is -0.374 e. The van der Waals surface area contributed by atoms with Crippen molar-refractivity contribution in [2.45, 2.75) is 267 Å². The minimum absolute atomic E-state index is 0.523. The summed E-state index contributed by atoms with van der Waals surface area (Å²) in [5.74, 6) is 13.6. The van der Waals surface area contributed by atoms with Gasteiger partial charge in [-0.05, 0) is 218 Å². The number of ether oxygens (including phenoxy) is 2. The highest BCUT2D eigenvalue weighted by Gasteiger charge is 2.60. The van der Waals surface area contributed by atoms with Crippen LogP contribution in [0.2, 0.25) is 0 Å². The zero-order valence-electron chi connectivity index (χ0n) is 38.1. The first-order valence-electron chi connectivity index (χ1n) is 28.3. The summed E-state index contributed by atoms with van der Waals surface area (Å²) < 4.78 is 14.4. The van der Waals surface area contributed by atoms with E-state index in [1.165, 1.54) is 96.3 Å². The Morgan fingerprint density at radius 1 is 0.254 bits per heavy atom. The van der Waals surface area contributed by atoms with E-state index in [0.717, 1.165) is 101 Å². The van der Waals surface area contributed by atoms with Crippen molar-refractivity contribution in [3.63, 3.8) is 0 Å². The Hall–Kier alpha value is -0.120. The maximum Gasteiger partial charge on any atom is 0.0667 e. The molecule has 2 aliphatic heterocycles. The Bertz CT molecular complexity index is 1370. The lowest BCUT2D eigenvalue weighted by Gasteiger charge is -2.54. The van der Waals surface area contributed by atoms with Crippen LogP contribution >= 0.6 is 0 Å². The van der Waals surface area contributed by atoms with Crippen LogP contribution in [0.3, 0.4) is 0 Å². The number of nitrogens with zero attached hydrogens (tertiary/aromatic N) is 1. The van der Waals surface area contributed by atoms with Crippen molar-refractivity contribution in [3.8, 4) is 0 Å². The lowest BCUT2D eigenvalue weighted by Crippen LogP contribution is -2.54. The van der Waals surface area contributed by atoms with Gasteiger partial charge in [0.2, 0.25) is 0 Å². The van der Waals surface area contributed by atoms with Crippen LogP contribution in [-0.4, -0.2) is 47.4 Å². The summed E-state index contributed by atoms with van der Waals surface area (Å²) in [5.41, 5.74) is 0. The van der Waals surface area contributed by atoms with Crippen LogP contribution in [0, 0.1) is 82.9 Å². The molecule has 2 saturated heterocycles. The van der Waals surface area contributed by atoms with Gasteiger partial charge in [0.25, 0.3) is 0 Å². The summed E-state index contributed by atoms with van der Waals surface area (Å²) in [5, 5.41) is 0. The van der Waals surface area contributed by atoms with Crippen molar-refractivity contribution in [2.24, 2.45) is 82.9 Å². The van der Waals surface area contributed by atoms with Crippen LogP contribution in [0.5, 0.6) is 0 Å². The Morgan fingerprint density at radius 3 is 1.58 bits per heavy atom. The molecule has 0 spiro atoms. The number of hydrogen-bond acceptors (Lipinski definition) is 3. The van der Waals surface area contributed by atoms with E-state index < -0.39 is 0 Å². The van der Waals surface area contributed by atoms with Crippen molar-refractivity contribution in [1.29, 1.82) is 0 Å². The van der Waals surface area contributed by atoms with E-state index in [1.807, 2.05) is 0 Å². The van der Waals surface area contributed by atoms with Gasteiger partial charge >= 0.3 is 0 Å². The van der Waals surface area contributed by atoms with Crippen molar-refractivity contribution in [1.82, 2.24) is 4.90 Å². The van der Waals surface area contributed by atoms with Crippen LogP contribution in [0.15, 0.2) is 0 Å². The second-order valence-corrected chi connectivity index (χ2v) is 25.1. The minimum atomic E-state index is 0.523. The molecule has 12 rings (SSSR count). The first kappa shape index (κ1) is 40.4. The summed E-state index contributed by atoms with van der Waals surface area (Å²) in [6.45, 7) is 0. The molecule has 16 atom stereocenters. The van der Waals surface area contributed by atoms with Crippen molar-refractivity contribution < 1.29 is 9.47 Å². The third-order valence-electron chi connectivity index (χ3n) is 22.9. The summed E-state index contributed by atoms with van der Waals surface area (Å²) >= 11 is 0. The van der Waals surface area contributed by atoms with E-state index >= 15 is 0 Å². The molecule has 16 unspecified atom stereocenters. The molecule has 0 aromatic carbocycles. The molecule has 59 heavy (non-hydrogen) atoms. The molecule has 0 amide bonds. The van der Waals surface area contributed by atoms with Gasteiger partial charge in [-0.1, -0.05) is 83.5 Å². The second-order valence-electron chi connectivity index (χ2n) is 25.1. The molecule has 0 bridgehead atoms. The van der Waals surface area contributed by atoms with Crippen LogP contribution in [0.4, 0.5) is 0 Å². The standard InChI is InChI=1S/C56H91NO2/c1-2-10-36(11-3-1)37-22-27-43(28-23-37)57(44-29-25-40(26-30-44)47-16-8-13-39-12-4-5-14-46(39)47)45-31-24-38-20-21-41(34-42(38)35-45)48-17-9-18-49-50-32-33-53-54(56(50)59-55(48)49)51-15-6-7-19-52(51)58-53/h36-56H,1-35H2. The van der Waals surface area contributed by atoms with Gasteiger partial charge in [0.1, 0.15) is 0 Å². The molecule has 0 aromatic rings. The maximum absolute atomic E-state index is 7.60. The zero-order chi connectivity index (χ0) is 38.9. The Labute approximate surface area is 363 Å². The van der Waals surface area contributed by atoms with Gasteiger partial charge < -0.3 is 9.47 Å². The van der Waals surface area contributed by atoms with E-state index in [-0.39, 0.29) is 0 Å². The van der Waals surface area contributed by atoms with E-state index in [9.17, 15) is 0 Å². The van der Waals surface area contributed by atoms with E-state index in [2.05, 4.69) is 4.90 Å². The molecule has 2 heterocycles. The van der Waals surface area contributed by atoms with Crippen LogP contribution in [0.1, 0.15) is 225 Å². The zero-order valence-corrected chi connectivity index (χ0v) is 38.1. The van der Waals surface area contributed by atoms with E-state index in [0.29, 0.717) is 24.4 Å². The van der Waals surface area contributed by atoms with Gasteiger partial charge in [-0.3, -0.25) is 4.90 Å². The molecule has 3 heteroatoms. The molecular weight excluding hydrogens is 719 g/mol. The van der Waals surface area contributed by atoms with Gasteiger partial charge in [-0.15, -0.1) is 0 Å². The fourth-order valence-electron chi connectivity index (χ4n) is 20.4. The fraction of sp³-hybridized carbons (Fsp3) is 1.00.